The Kier molecular flexibility index (Phi) is 3.14. The molecular weight excluding hydrogens is 208 g/mol. The second kappa shape index (κ2) is 4.75. The lowest BCUT2D eigenvalue weighted by Crippen LogP contribution is -1.96. The highest BCUT2D eigenvalue weighted by Crippen LogP contribution is 2.14. The van der Waals surface area contributed by atoms with Crippen LogP contribution in [0.1, 0.15) is 0 Å². The molecule has 0 radical (unpaired) electrons. The number of aromatic nitrogens is 4. The van der Waals surface area contributed by atoms with E-state index in [0.29, 0.717) is 0 Å². The number of thioether (sulfide) groups is 1. The molecule has 0 spiro atoms. The largest absolute Gasteiger partial charge is 0.289 e. The zero-order chi connectivity index (χ0) is 10.5. The van der Waals surface area contributed by atoms with Gasteiger partial charge in [-0.3, -0.25) is 4.57 Å². The molecule has 0 aromatic carbocycles. The first-order valence-electron chi connectivity index (χ1n) is 4.46. The third kappa shape index (κ3) is 2.44. The van der Waals surface area contributed by atoms with E-state index in [-0.39, 0.29) is 0 Å². The van der Waals surface area contributed by atoms with E-state index in [4.69, 9.17) is 0 Å². The van der Waals surface area contributed by atoms with E-state index in [1.165, 1.54) is 0 Å². The smallest absolute Gasteiger partial charge is 0.160 e. The van der Waals surface area contributed by atoms with Gasteiger partial charge in [0.05, 0.1) is 0 Å². The minimum absolute atomic E-state index is 0.774. The summed E-state index contributed by atoms with van der Waals surface area (Å²) in [6.45, 7) is 3.65. The van der Waals surface area contributed by atoms with Crippen LogP contribution in [0.15, 0.2) is 48.5 Å². The molecule has 0 aliphatic rings. The fourth-order valence-electron chi connectivity index (χ4n) is 1.07. The third-order valence-electron chi connectivity index (χ3n) is 1.74. The Hall–Kier alpha value is -1.62. The Bertz CT molecular complexity index is 421. The highest BCUT2D eigenvalue weighted by Gasteiger charge is 1.98. The molecule has 0 amide bonds. The molecule has 15 heavy (non-hydrogen) atoms. The average molecular weight is 218 g/mol. The van der Waals surface area contributed by atoms with Gasteiger partial charge in [-0.15, -0.1) is 28.5 Å². The van der Waals surface area contributed by atoms with Gasteiger partial charge in [0.1, 0.15) is 11.4 Å². The number of rotatable bonds is 4. The van der Waals surface area contributed by atoms with Crippen LogP contribution in [0.4, 0.5) is 0 Å². The number of hydrogen-bond acceptors (Lipinski definition) is 4. The van der Waals surface area contributed by atoms with Crippen LogP contribution in [0, 0.1) is 0 Å². The third-order valence-corrected chi connectivity index (χ3v) is 2.66. The lowest BCUT2D eigenvalue weighted by Gasteiger charge is -2.00. The van der Waals surface area contributed by atoms with E-state index >= 15 is 0 Å². The average Bonchev–Trinajstić information content (AvgIpc) is 2.80. The van der Waals surface area contributed by atoms with Crippen LogP contribution in [0.2, 0.25) is 0 Å². The van der Waals surface area contributed by atoms with Crippen molar-refractivity contribution in [2.24, 2.45) is 0 Å². The van der Waals surface area contributed by atoms with E-state index in [1.807, 2.05) is 29.0 Å². The second-order valence-electron chi connectivity index (χ2n) is 2.80. The first-order chi connectivity index (χ1) is 7.40. The lowest BCUT2D eigenvalue weighted by atomic mass is 10.5. The van der Waals surface area contributed by atoms with Gasteiger partial charge in [0, 0.05) is 18.1 Å². The summed E-state index contributed by atoms with van der Waals surface area (Å²) in [4.78, 5) is 3.95. The molecule has 4 nitrogen and oxygen atoms in total. The van der Waals surface area contributed by atoms with Gasteiger partial charge in [0.15, 0.2) is 5.82 Å². The van der Waals surface area contributed by atoms with E-state index < -0.39 is 0 Å². The summed E-state index contributed by atoms with van der Waals surface area (Å²) >= 11 is 1.61. The maximum atomic E-state index is 4.09. The fourth-order valence-corrected chi connectivity index (χ4v) is 1.62. The van der Waals surface area contributed by atoms with Gasteiger partial charge in [0.2, 0.25) is 0 Å². The van der Waals surface area contributed by atoms with Gasteiger partial charge in [-0.05, 0) is 12.1 Å². The molecule has 2 heterocycles. The minimum atomic E-state index is 0.774. The summed E-state index contributed by atoms with van der Waals surface area (Å²) in [5, 5.41) is 9.08. The molecule has 0 aliphatic carbocycles. The van der Waals surface area contributed by atoms with Crippen molar-refractivity contribution in [1.29, 1.82) is 0 Å². The van der Waals surface area contributed by atoms with Crippen LogP contribution in [0.3, 0.4) is 0 Å². The summed E-state index contributed by atoms with van der Waals surface area (Å²) in [5.41, 5.74) is 0. The van der Waals surface area contributed by atoms with Gasteiger partial charge in [-0.2, -0.15) is 0 Å². The van der Waals surface area contributed by atoms with Gasteiger partial charge in [-0.25, -0.2) is 4.98 Å². The molecule has 2 rings (SSSR count). The molecule has 0 aliphatic heterocycles. The van der Waals surface area contributed by atoms with Gasteiger partial charge < -0.3 is 0 Å². The molecular formula is C10H10N4S. The molecule has 0 unspecified atom stereocenters. The summed E-state index contributed by atoms with van der Waals surface area (Å²) < 4.78 is 1.81. The fraction of sp³-hybridized carbons (Fsp3) is 0.100. The van der Waals surface area contributed by atoms with Crippen LogP contribution >= 0.6 is 11.8 Å². The molecule has 0 bridgehead atoms. The van der Waals surface area contributed by atoms with Crippen molar-refractivity contribution >= 4 is 11.8 Å². The van der Waals surface area contributed by atoms with Crippen LogP contribution in [-0.2, 0) is 0 Å². The lowest BCUT2D eigenvalue weighted by molar-refractivity contribution is 0.861. The van der Waals surface area contributed by atoms with Crippen molar-refractivity contribution in [3.05, 3.63) is 43.5 Å². The number of imidazole rings is 1. The van der Waals surface area contributed by atoms with Gasteiger partial charge in [0.25, 0.3) is 0 Å². The van der Waals surface area contributed by atoms with E-state index in [1.54, 1.807) is 24.3 Å². The summed E-state index contributed by atoms with van der Waals surface area (Å²) in [6.07, 6.45) is 7.08. The van der Waals surface area contributed by atoms with E-state index in [0.717, 1.165) is 16.6 Å². The molecule has 76 valence electrons. The first kappa shape index (κ1) is 9.92. The van der Waals surface area contributed by atoms with Crippen molar-refractivity contribution in [3.8, 4) is 5.82 Å². The topological polar surface area (TPSA) is 43.6 Å². The normalized spacial score (nSPS) is 10.1. The molecule has 0 fully saturated rings. The predicted octanol–water partition coefficient (Wildman–Crippen LogP) is 1.94. The predicted molar refractivity (Wildman–Crippen MR) is 60.1 cm³/mol. The molecule has 2 aromatic heterocycles. The van der Waals surface area contributed by atoms with E-state index in [9.17, 15) is 0 Å². The van der Waals surface area contributed by atoms with Crippen molar-refractivity contribution in [2.75, 3.05) is 5.75 Å². The maximum Gasteiger partial charge on any atom is 0.160 e. The Morgan fingerprint density at radius 2 is 2.33 bits per heavy atom. The molecule has 0 N–H and O–H groups in total. The SMILES string of the molecule is C=CCSc1ccc(-n2ccnc2)nn1. The summed E-state index contributed by atoms with van der Waals surface area (Å²) in [5.74, 6) is 1.62. The minimum Gasteiger partial charge on any atom is -0.289 e. The van der Waals surface area contributed by atoms with Crippen molar-refractivity contribution in [3.63, 3.8) is 0 Å². The number of hydrogen-bond donors (Lipinski definition) is 0. The van der Waals surface area contributed by atoms with Crippen LogP contribution in [0.25, 0.3) is 5.82 Å². The summed E-state index contributed by atoms with van der Waals surface area (Å²) in [6, 6.07) is 3.86. The highest BCUT2D eigenvalue weighted by molar-refractivity contribution is 7.99. The van der Waals surface area contributed by atoms with Gasteiger partial charge in [-0.1, -0.05) is 6.08 Å². The zero-order valence-electron chi connectivity index (χ0n) is 8.08. The maximum absolute atomic E-state index is 4.09. The zero-order valence-corrected chi connectivity index (χ0v) is 8.89. The Morgan fingerprint density at radius 1 is 1.40 bits per heavy atom. The van der Waals surface area contributed by atoms with Crippen LogP contribution < -0.4 is 0 Å². The molecule has 2 aromatic rings. The summed E-state index contributed by atoms with van der Waals surface area (Å²) in [7, 11) is 0. The number of nitrogens with zero attached hydrogens (tertiary/aromatic N) is 4. The first-order valence-corrected chi connectivity index (χ1v) is 5.44. The van der Waals surface area contributed by atoms with E-state index in [2.05, 4.69) is 21.8 Å². The van der Waals surface area contributed by atoms with Crippen LogP contribution in [-0.4, -0.2) is 25.5 Å². The van der Waals surface area contributed by atoms with Crippen molar-refractivity contribution in [2.45, 2.75) is 5.03 Å². The molecule has 0 atom stereocenters. The Balaban J connectivity index is 2.14. The van der Waals surface area contributed by atoms with Crippen molar-refractivity contribution < 1.29 is 0 Å². The standard InChI is InChI=1S/C10H10N4S/c1-2-7-15-10-4-3-9(12-13-10)14-6-5-11-8-14/h2-6,8H,1,7H2. The van der Waals surface area contributed by atoms with Gasteiger partial charge >= 0.3 is 0 Å². The molecule has 5 heteroatoms. The second-order valence-corrected chi connectivity index (χ2v) is 3.84. The highest BCUT2D eigenvalue weighted by atomic mass is 32.2. The van der Waals surface area contributed by atoms with Crippen molar-refractivity contribution in [1.82, 2.24) is 19.7 Å². The monoisotopic (exact) mass is 218 g/mol. The Morgan fingerprint density at radius 3 is 2.93 bits per heavy atom. The molecule has 0 saturated carbocycles. The Labute approximate surface area is 92.1 Å². The molecule has 0 saturated heterocycles. The quantitative estimate of drug-likeness (QED) is 0.581. The van der Waals surface area contributed by atoms with Crippen LogP contribution in [0.5, 0.6) is 0 Å².